The van der Waals surface area contributed by atoms with Crippen molar-refractivity contribution in [2.45, 2.75) is 32.6 Å². The van der Waals surface area contributed by atoms with Crippen molar-refractivity contribution in [1.29, 1.82) is 0 Å². The number of Topliss-reactive ketones (excluding diaryl/α,β-unsaturated/α-hetero) is 2. The molecule has 0 radical (unpaired) electrons. The topological polar surface area (TPSA) is 65.0 Å². The minimum absolute atomic E-state index is 0.117. The van der Waals surface area contributed by atoms with Crippen LogP contribution < -0.4 is 0 Å². The quantitative estimate of drug-likeness (QED) is 0.294. The van der Waals surface area contributed by atoms with Gasteiger partial charge in [-0.25, -0.2) is 4.99 Å². The summed E-state index contributed by atoms with van der Waals surface area (Å²) in [6.07, 6.45) is 2.02. The van der Waals surface area contributed by atoms with Gasteiger partial charge in [0.05, 0.1) is 31.5 Å². The Hall–Kier alpha value is -0.940. The van der Waals surface area contributed by atoms with Gasteiger partial charge in [-0.2, -0.15) is 0 Å². The lowest BCUT2D eigenvalue weighted by Gasteiger charge is -2.03. The van der Waals surface area contributed by atoms with E-state index >= 15 is 0 Å². The predicted molar refractivity (Wildman–Crippen MR) is 75.7 cm³/mol. The lowest BCUT2D eigenvalue weighted by atomic mass is 10.2. The van der Waals surface area contributed by atoms with Gasteiger partial charge in [-0.05, 0) is 25.6 Å². The molecule has 6 heteroatoms. The number of carbonyl (C=O) groups excluding carboxylic acids is 2. The second kappa shape index (κ2) is 13.5. The number of ether oxygens (including phenoxy) is 2. The van der Waals surface area contributed by atoms with Crippen LogP contribution in [0.5, 0.6) is 0 Å². The molecule has 0 saturated carbocycles. The second-order valence-corrected chi connectivity index (χ2v) is 4.22. The zero-order chi connectivity index (χ0) is 14.3. The first-order valence-electron chi connectivity index (χ1n) is 6.37. The summed E-state index contributed by atoms with van der Waals surface area (Å²) in [4.78, 5) is 25.8. The highest BCUT2D eigenvalue weighted by Gasteiger charge is 2.02. The van der Waals surface area contributed by atoms with Gasteiger partial charge in [-0.1, -0.05) is 0 Å². The number of rotatable bonds is 13. The van der Waals surface area contributed by atoms with Crippen LogP contribution >= 0.6 is 12.2 Å². The SMILES string of the molecule is CC(=O)CCOCCCC(=O)CCOCCN=C=S. The fraction of sp³-hybridized carbons (Fsp3) is 0.769. The molecule has 108 valence electrons. The average molecular weight is 287 g/mol. The fourth-order valence-electron chi connectivity index (χ4n) is 1.26. The Morgan fingerprint density at radius 1 is 1.05 bits per heavy atom. The van der Waals surface area contributed by atoms with Crippen molar-refractivity contribution in [3.05, 3.63) is 0 Å². The average Bonchev–Trinajstić information content (AvgIpc) is 2.37. The molecule has 0 bridgehead atoms. The largest absolute Gasteiger partial charge is 0.381 e. The normalized spacial score (nSPS) is 9.95. The molecule has 0 aliphatic carbocycles. The number of ketones is 2. The number of thiocarbonyl (C=S) groups is 1. The van der Waals surface area contributed by atoms with Crippen LogP contribution in [0.2, 0.25) is 0 Å². The second-order valence-electron chi connectivity index (χ2n) is 4.04. The molecular formula is C13H21NO4S. The molecule has 0 unspecified atom stereocenters. The smallest absolute Gasteiger partial charge is 0.135 e. The van der Waals surface area contributed by atoms with E-state index < -0.39 is 0 Å². The molecule has 0 N–H and O–H groups in total. The number of hydrogen-bond acceptors (Lipinski definition) is 6. The van der Waals surface area contributed by atoms with E-state index in [9.17, 15) is 9.59 Å². The van der Waals surface area contributed by atoms with E-state index in [0.29, 0.717) is 58.7 Å². The summed E-state index contributed by atoms with van der Waals surface area (Å²) in [5.41, 5.74) is 0. The number of carbonyl (C=O) groups is 2. The van der Waals surface area contributed by atoms with Gasteiger partial charge in [0.15, 0.2) is 0 Å². The Morgan fingerprint density at radius 3 is 2.42 bits per heavy atom. The Kier molecular flexibility index (Phi) is 12.8. The number of isothiocyanates is 1. The van der Waals surface area contributed by atoms with Gasteiger partial charge < -0.3 is 9.47 Å². The van der Waals surface area contributed by atoms with E-state index in [1.165, 1.54) is 6.92 Å². The summed E-state index contributed by atoms with van der Waals surface area (Å²) in [6, 6.07) is 0. The van der Waals surface area contributed by atoms with Crippen molar-refractivity contribution in [3.63, 3.8) is 0 Å². The lowest BCUT2D eigenvalue weighted by molar-refractivity contribution is -0.121. The van der Waals surface area contributed by atoms with Crippen LogP contribution in [-0.2, 0) is 19.1 Å². The zero-order valence-corrected chi connectivity index (χ0v) is 12.2. The van der Waals surface area contributed by atoms with Crippen LogP contribution in [0.1, 0.15) is 32.6 Å². The first-order valence-corrected chi connectivity index (χ1v) is 6.78. The summed E-state index contributed by atoms with van der Waals surface area (Å²) >= 11 is 4.41. The van der Waals surface area contributed by atoms with Crippen LogP contribution in [0.3, 0.4) is 0 Å². The summed E-state index contributed by atoms with van der Waals surface area (Å²) < 4.78 is 10.4. The monoisotopic (exact) mass is 287 g/mol. The highest BCUT2D eigenvalue weighted by atomic mass is 32.1. The predicted octanol–water partition coefficient (Wildman–Crippen LogP) is 1.84. The Bertz CT molecular complexity index is 314. The van der Waals surface area contributed by atoms with Crippen LogP contribution in [0.15, 0.2) is 4.99 Å². The molecule has 0 aromatic carbocycles. The van der Waals surface area contributed by atoms with Gasteiger partial charge >= 0.3 is 0 Å². The molecule has 0 saturated heterocycles. The van der Waals surface area contributed by atoms with E-state index in [1.807, 2.05) is 0 Å². The van der Waals surface area contributed by atoms with Crippen molar-refractivity contribution in [3.8, 4) is 0 Å². The molecule has 0 aromatic rings. The van der Waals surface area contributed by atoms with Crippen molar-refractivity contribution in [2.24, 2.45) is 4.99 Å². The highest BCUT2D eigenvalue weighted by molar-refractivity contribution is 7.78. The van der Waals surface area contributed by atoms with E-state index in [0.717, 1.165) is 0 Å². The first kappa shape index (κ1) is 18.1. The Labute approximate surface area is 119 Å². The molecule has 0 aliphatic heterocycles. The molecule has 19 heavy (non-hydrogen) atoms. The Morgan fingerprint density at radius 2 is 1.74 bits per heavy atom. The van der Waals surface area contributed by atoms with Crippen molar-refractivity contribution < 1.29 is 19.1 Å². The molecule has 0 fully saturated rings. The molecule has 0 amide bonds. The molecule has 0 heterocycles. The van der Waals surface area contributed by atoms with E-state index in [1.54, 1.807) is 0 Å². The van der Waals surface area contributed by atoms with E-state index in [4.69, 9.17) is 9.47 Å². The standard InChI is InChI=1S/C13H21NO4S/c1-12(15)4-8-17-7-2-3-13(16)5-9-18-10-6-14-11-19/h2-10H2,1H3. The molecule has 0 spiro atoms. The summed E-state index contributed by atoms with van der Waals surface area (Å²) in [5, 5.41) is 2.25. The third-order valence-electron chi connectivity index (χ3n) is 2.28. The van der Waals surface area contributed by atoms with Crippen LogP contribution in [0, 0.1) is 0 Å². The molecule has 0 aromatic heterocycles. The summed E-state index contributed by atoms with van der Waals surface area (Å²) in [6.45, 7) is 3.85. The summed E-state index contributed by atoms with van der Waals surface area (Å²) in [7, 11) is 0. The van der Waals surface area contributed by atoms with Crippen molar-refractivity contribution in [1.82, 2.24) is 0 Å². The maximum absolute atomic E-state index is 11.4. The summed E-state index contributed by atoms with van der Waals surface area (Å²) in [5.74, 6) is 0.278. The van der Waals surface area contributed by atoms with Crippen molar-refractivity contribution >= 4 is 28.9 Å². The number of aliphatic imine (C=N–C) groups is 1. The lowest BCUT2D eigenvalue weighted by Crippen LogP contribution is -2.08. The van der Waals surface area contributed by atoms with Gasteiger partial charge in [0.25, 0.3) is 0 Å². The maximum atomic E-state index is 11.4. The molecular weight excluding hydrogens is 266 g/mol. The maximum Gasteiger partial charge on any atom is 0.135 e. The van der Waals surface area contributed by atoms with Gasteiger partial charge in [0.1, 0.15) is 11.6 Å². The minimum atomic E-state index is 0.117. The zero-order valence-electron chi connectivity index (χ0n) is 11.4. The van der Waals surface area contributed by atoms with Gasteiger partial charge in [-0.3, -0.25) is 9.59 Å². The van der Waals surface area contributed by atoms with Gasteiger partial charge in [0.2, 0.25) is 0 Å². The van der Waals surface area contributed by atoms with E-state index in [-0.39, 0.29) is 11.6 Å². The van der Waals surface area contributed by atoms with Gasteiger partial charge in [0, 0.05) is 25.9 Å². The highest BCUT2D eigenvalue weighted by Crippen LogP contribution is 1.97. The van der Waals surface area contributed by atoms with Crippen LogP contribution in [-0.4, -0.2) is 49.7 Å². The third kappa shape index (κ3) is 15.0. The minimum Gasteiger partial charge on any atom is -0.381 e. The molecule has 5 nitrogen and oxygen atoms in total. The fourth-order valence-corrected chi connectivity index (χ4v) is 1.35. The van der Waals surface area contributed by atoms with Crippen LogP contribution in [0.4, 0.5) is 0 Å². The number of nitrogens with zero attached hydrogens (tertiary/aromatic N) is 1. The molecule has 0 rings (SSSR count). The Balaban J connectivity index is 3.25. The van der Waals surface area contributed by atoms with Gasteiger partial charge in [-0.15, -0.1) is 0 Å². The van der Waals surface area contributed by atoms with E-state index in [2.05, 4.69) is 22.4 Å². The van der Waals surface area contributed by atoms with Crippen LogP contribution in [0.25, 0.3) is 0 Å². The molecule has 0 atom stereocenters. The third-order valence-corrected chi connectivity index (χ3v) is 2.41. The number of hydrogen-bond donors (Lipinski definition) is 0. The molecule has 0 aliphatic rings. The first-order chi connectivity index (χ1) is 9.16. The van der Waals surface area contributed by atoms with Crippen molar-refractivity contribution in [2.75, 3.05) is 33.0 Å².